The van der Waals surface area contributed by atoms with Crippen molar-refractivity contribution in [2.24, 2.45) is 0 Å². The summed E-state index contributed by atoms with van der Waals surface area (Å²) in [5, 5.41) is 13.0. The first-order valence-electron chi connectivity index (χ1n) is 5.90. The number of halogens is 3. The van der Waals surface area contributed by atoms with Gasteiger partial charge in [0, 0.05) is 12.6 Å². The maximum Gasteiger partial charge on any atom is 0.430 e. The zero-order valence-corrected chi connectivity index (χ0v) is 9.41. The fourth-order valence-corrected chi connectivity index (χ4v) is 2.37. The molecule has 2 saturated heterocycles. The van der Waals surface area contributed by atoms with Crippen LogP contribution < -0.4 is 5.32 Å². The molecule has 17 heavy (non-hydrogen) atoms. The second kappa shape index (κ2) is 5.09. The summed E-state index contributed by atoms with van der Waals surface area (Å²) in [7, 11) is 0. The number of aliphatic hydroxyl groups is 1. The van der Waals surface area contributed by atoms with Crippen LogP contribution in [0.1, 0.15) is 25.7 Å². The third kappa shape index (κ3) is 3.09. The molecule has 7 heteroatoms. The van der Waals surface area contributed by atoms with Gasteiger partial charge < -0.3 is 10.4 Å². The molecule has 2 N–H and O–H groups in total. The van der Waals surface area contributed by atoms with Crippen LogP contribution in [0, 0.1) is 0 Å². The molecule has 1 unspecified atom stereocenters. The van der Waals surface area contributed by atoms with Gasteiger partial charge in [0.25, 0.3) is 0 Å². The van der Waals surface area contributed by atoms with E-state index >= 15 is 0 Å². The highest BCUT2D eigenvalue weighted by atomic mass is 19.4. The molecule has 2 aliphatic heterocycles. The number of hydrogen-bond donors (Lipinski definition) is 2. The molecule has 0 aromatic carbocycles. The summed E-state index contributed by atoms with van der Waals surface area (Å²) in [6.45, 7) is 0.996. The fraction of sp³-hybridized carbons (Fsp3) is 1.00. The van der Waals surface area contributed by atoms with E-state index in [1.807, 2.05) is 0 Å². The Kier molecular flexibility index (Phi) is 3.92. The topological polar surface area (TPSA) is 44.7 Å². The number of hydroxylamine groups is 2. The van der Waals surface area contributed by atoms with E-state index in [0.717, 1.165) is 25.8 Å². The van der Waals surface area contributed by atoms with Crippen LogP contribution in [0.15, 0.2) is 0 Å². The summed E-state index contributed by atoms with van der Waals surface area (Å²) < 4.78 is 37.1. The van der Waals surface area contributed by atoms with Crippen molar-refractivity contribution in [3.63, 3.8) is 0 Å². The van der Waals surface area contributed by atoms with Crippen LogP contribution in [-0.2, 0) is 4.84 Å². The minimum atomic E-state index is -4.66. The van der Waals surface area contributed by atoms with Gasteiger partial charge in [0.1, 0.15) is 0 Å². The molecule has 4 nitrogen and oxygen atoms in total. The molecule has 2 fully saturated rings. The van der Waals surface area contributed by atoms with Crippen molar-refractivity contribution in [2.45, 2.75) is 50.2 Å². The molecule has 0 aromatic rings. The van der Waals surface area contributed by atoms with E-state index in [0.29, 0.717) is 11.5 Å². The minimum absolute atomic E-state index is 0.109. The summed E-state index contributed by atoms with van der Waals surface area (Å²) >= 11 is 0. The first-order valence-corrected chi connectivity index (χ1v) is 5.90. The van der Waals surface area contributed by atoms with Crippen LogP contribution in [0.3, 0.4) is 0 Å². The first-order chi connectivity index (χ1) is 7.98. The van der Waals surface area contributed by atoms with Gasteiger partial charge >= 0.3 is 6.18 Å². The molecular formula is C10H17F3N2O2. The van der Waals surface area contributed by atoms with Crippen molar-refractivity contribution in [3.8, 4) is 0 Å². The highest BCUT2D eigenvalue weighted by molar-refractivity contribution is 4.84. The third-order valence-electron chi connectivity index (χ3n) is 3.25. The Labute approximate surface area is 97.7 Å². The number of alkyl halides is 3. The van der Waals surface area contributed by atoms with Gasteiger partial charge in [0.15, 0.2) is 0 Å². The monoisotopic (exact) mass is 254 g/mol. The molecule has 3 atom stereocenters. The second-order valence-corrected chi connectivity index (χ2v) is 4.54. The zero-order valence-electron chi connectivity index (χ0n) is 9.41. The largest absolute Gasteiger partial charge is 0.430 e. The lowest BCUT2D eigenvalue weighted by molar-refractivity contribution is -0.357. The van der Waals surface area contributed by atoms with Crippen molar-refractivity contribution >= 4 is 0 Å². The first kappa shape index (κ1) is 13.1. The lowest BCUT2D eigenvalue weighted by Crippen LogP contribution is -2.53. The van der Waals surface area contributed by atoms with Gasteiger partial charge in [-0.05, 0) is 32.2 Å². The maximum absolute atomic E-state index is 12.4. The molecule has 0 radical (unpaired) electrons. The summed E-state index contributed by atoms with van der Waals surface area (Å²) in [6.07, 6.45) is -4.16. The highest BCUT2D eigenvalue weighted by Crippen LogP contribution is 2.28. The van der Waals surface area contributed by atoms with Gasteiger partial charge in [-0.2, -0.15) is 18.2 Å². The summed E-state index contributed by atoms with van der Waals surface area (Å²) in [6, 6.07) is 0.109. The lowest BCUT2D eigenvalue weighted by Gasteiger charge is -2.37. The smallest absolute Gasteiger partial charge is 0.369 e. The molecule has 0 aromatic heterocycles. The number of nitrogens with one attached hydrogen (secondary N) is 1. The van der Waals surface area contributed by atoms with E-state index in [2.05, 4.69) is 5.32 Å². The van der Waals surface area contributed by atoms with Gasteiger partial charge in [-0.3, -0.25) is 4.84 Å². The molecule has 2 rings (SSSR count). The Morgan fingerprint density at radius 3 is 2.65 bits per heavy atom. The quantitative estimate of drug-likeness (QED) is 0.772. The average molecular weight is 254 g/mol. The second-order valence-electron chi connectivity index (χ2n) is 4.54. The Balaban J connectivity index is 1.92. The standard InChI is InChI=1S/C10H17F3N2O2/c11-10(12,13)9(16)15-6-2-4-8(17-15)7-3-1-5-14-7/h7-9,14,16H,1-6H2/t7-,8+,9?/m0/s1. The number of rotatable bonds is 2. The fourth-order valence-electron chi connectivity index (χ4n) is 2.37. The van der Waals surface area contributed by atoms with Crippen LogP contribution in [-0.4, -0.2) is 47.8 Å². The molecule has 0 aliphatic carbocycles. The van der Waals surface area contributed by atoms with E-state index in [4.69, 9.17) is 9.94 Å². The van der Waals surface area contributed by atoms with Crippen LogP contribution in [0.25, 0.3) is 0 Å². The van der Waals surface area contributed by atoms with Crippen molar-refractivity contribution in [1.82, 2.24) is 10.4 Å². The van der Waals surface area contributed by atoms with Crippen molar-refractivity contribution in [2.75, 3.05) is 13.1 Å². The summed E-state index contributed by atoms with van der Waals surface area (Å²) in [5.74, 6) is 0. The van der Waals surface area contributed by atoms with Gasteiger partial charge in [-0.25, -0.2) is 0 Å². The molecule has 0 bridgehead atoms. The van der Waals surface area contributed by atoms with Crippen molar-refractivity contribution in [3.05, 3.63) is 0 Å². The maximum atomic E-state index is 12.4. The Hall–Kier alpha value is -0.370. The molecule has 0 spiro atoms. The number of aliphatic hydroxyl groups excluding tert-OH is 1. The molecule has 0 saturated carbocycles. The summed E-state index contributed by atoms with van der Waals surface area (Å²) in [4.78, 5) is 5.26. The summed E-state index contributed by atoms with van der Waals surface area (Å²) in [5.41, 5.74) is 0. The van der Waals surface area contributed by atoms with Gasteiger partial charge in [-0.15, -0.1) is 0 Å². The predicted octanol–water partition coefficient (Wildman–Crippen LogP) is 1.02. The molecule has 0 amide bonds. The van der Waals surface area contributed by atoms with Gasteiger partial charge in [0.05, 0.1) is 6.10 Å². The van der Waals surface area contributed by atoms with Crippen molar-refractivity contribution in [1.29, 1.82) is 0 Å². The Bertz CT molecular complexity index is 256. The normalized spacial score (nSPS) is 33.9. The Morgan fingerprint density at radius 2 is 2.06 bits per heavy atom. The SMILES string of the molecule is OC(N1CCC[C@H]([C@@H]2CCCN2)O1)C(F)(F)F. The Morgan fingerprint density at radius 1 is 1.29 bits per heavy atom. The zero-order chi connectivity index (χ0) is 12.5. The molecule has 100 valence electrons. The van der Waals surface area contributed by atoms with E-state index in [1.54, 1.807) is 0 Å². The third-order valence-corrected chi connectivity index (χ3v) is 3.25. The number of hydrogen-bond acceptors (Lipinski definition) is 4. The highest BCUT2D eigenvalue weighted by Gasteiger charge is 2.45. The van der Waals surface area contributed by atoms with E-state index in [9.17, 15) is 13.2 Å². The minimum Gasteiger partial charge on any atom is -0.369 e. The van der Waals surface area contributed by atoms with Crippen LogP contribution in [0.4, 0.5) is 13.2 Å². The van der Waals surface area contributed by atoms with Gasteiger partial charge in [0.2, 0.25) is 6.23 Å². The van der Waals surface area contributed by atoms with Crippen LogP contribution >= 0.6 is 0 Å². The molecular weight excluding hydrogens is 237 g/mol. The van der Waals surface area contributed by atoms with Crippen LogP contribution in [0.2, 0.25) is 0 Å². The van der Waals surface area contributed by atoms with E-state index < -0.39 is 12.4 Å². The van der Waals surface area contributed by atoms with E-state index in [-0.39, 0.29) is 18.7 Å². The van der Waals surface area contributed by atoms with Gasteiger partial charge in [-0.1, -0.05) is 0 Å². The lowest BCUT2D eigenvalue weighted by atomic mass is 10.0. The number of nitrogens with zero attached hydrogens (tertiary/aromatic N) is 1. The van der Waals surface area contributed by atoms with Crippen LogP contribution in [0.5, 0.6) is 0 Å². The van der Waals surface area contributed by atoms with E-state index in [1.165, 1.54) is 0 Å². The van der Waals surface area contributed by atoms with Crippen molar-refractivity contribution < 1.29 is 23.1 Å². The molecule has 2 heterocycles. The molecule has 2 aliphatic rings. The average Bonchev–Trinajstić information content (AvgIpc) is 2.80. The predicted molar refractivity (Wildman–Crippen MR) is 53.9 cm³/mol.